The largest absolute Gasteiger partial charge is 0.462 e. The highest BCUT2D eigenvalue weighted by Crippen LogP contribution is 2.06. The third-order valence-electron chi connectivity index (χ3n) is 2.33. The smallest absolute Gasteiger partial charge is 0.338 e. The zero-order valence-corrected chi connectivity index (χ0v) is 11.1. The van der Waals surface area contributed by atoms with Gasteiger partial charge in [-0.2, -0.15) is 0 Å². The van der Waals surface area contributed by atoms with E-state index in [0.717, 1.165) is 6.42 Å². The summed E-state index contributed by atoms with van der Waals surface area (Å²) >= 11 is 0. The summed E-state index contributed by atoms with van der Waals surface area (Å²) in [5, 5.41) is 0. The van der Waals surface area contributed by atoms with Crippen LogP contribution in [-0.2, 0) is 9.53 Å². The summed E-state index contributed by atoms with van der Waals surface area (Å²) in [5.41, 5.74) is 0.567. The van der Waals surface area contributed by atoms with Crippen molar-refractivity contribution >= 4 is 5.97 Å². The topological polar surface area (TPSA) is 26.3 Å². The lowest BCUT2D eigenvalue weighted by Crippen LogP contribution is -2.05. The molecular weight excluding hydrogens is 212 g/mol. The average Bonchev–Trinajstić information content (AvgIpc) is 2.32. The van der Waals surface area contributed by atoms with Crippen LogP contribution in [0.15, 0.2) is 36.5 Å². The number of hydrogen-bond donors (Lipinski definition) is 0. The standard InChI is InChI=1S/C15H24O2/c1-4-7-8-9-10-11-13-14(12-5-2)15(16)17-6-3/h5,11-13H,2,4,6-10H2,1,3H3/b13-11+,14-12+. The van der Waals surface area contributed by atoms with Crippen LogP contribution in [0.4, 0.5) is 0 Å². The minimum Gasteiger partial charge on any atom is -0.462 e. The number of ether oxygens (including phenoxy) is 1. The van der Waals surface area contributed by atoms with Gasteiger partial charge in [0.1, 0.15) is 0 Å². The molecule has 0 atom stereocenters. The Morgan fingerprint density at radius 2 is 2.00 bits per heavy atom. The summed E-state index contributed by atoms with van der Waals surface area (Å²) < 4.78 is 4.95. The van der Waals surface area contributed by atoms with Crippen LogP contribution in [0.25, 0.3) is 0 Å². The highest BCUT2D eigenvalue weighted by Gasteiger charge is 2.04. The van der Waals surface area contributed by atoms with Crippen LogP contribution in [0.2, 0.25) is 0 Å². The van der Waals surface area contributed by atoms with Gasteiger partial charge in [0.05, 0.1) is 12.2 Å². The fraction of sp³-hybridized carbons (Fsp3) is 0.533. The Morgan fingerprint density at radius 3 is 2.59 bits per heavy atom. The van der Waals surface area contributed by atoms with E-state index in [-0.39, 0.29) is 5.97 Å². The van der Waals surface area contributed by atoms with E-state index in [1.165, 1.54) is 25.7 Å². The fourth-order valence-corrected chi connectivity index (χ4v) is 1.43. The van der Waals surface area contributed by atoms with Gasteiger partial charge in [0.2, 0.25) is 0 Å². The van der Waals surface area contributed by atoms with E-state index in [9.17, 15) is 4.79 Å². The highest BCUT2D eigenvalue weighted by molar-refractivity contribution is 5.91. The molecule has 17 heavy (non-hydrogen) atoms. The lowest BCUT2D eigenvalue weighted by atomic mass is 10.1. The lowest BCUT2D eigenvalue weighted by Gasteiger charge is -2.01. The van der Waals surface area contributed by atoms with Crippen molar-refractivity contribution in [2.24, 2.45) is 0 Å². The van der Waals surface area contributed by atoms with Gasteiger partial charge in [0.15, 0.2) is 0 Å². The molecule has 0 aromatic carbocycles. The maximum atomic E-state index is 11.5. The van der Waals surface area contributed by atoms with Crippen molar-refractivity contribution in [3.63, 3.8) is 0 Å². The van der Waals surface area contributed by atoms with Crippen LogP contribution < -0.4 is 0 Å². The lowest BCUT2D eigenvalue weighted by molar-refractivity contribution is -0.138. The van der Waals surface area contributed by atoms with Gasteiger partial charge >= 0.3 is 5.97 Å². The molecule has 0 unspecified atom stereocenters. The second-order valence-corrected chi connectivity index (χ2v) is 3.83. The predicted octanol–water partition coefficient (Wildman–Crippen LogP) is 4.19. The van der Waals surface area contributed by atoms with Crippen LogP contribution in [0.3, 0.4) is 0 Å². The molecule has 0 aliphatic heterocycles. The maximum Gasteiger partial charge on any atom is 0.338 e. The van der Waals surface area contributed by atoms with Crippen LogP contribution in [0, 0.1) is 0 Å². The first-order valence-electron chi connectivity index (χ1n) is 6.42. The average molecular weight is 236 g/mol. The van der Waals surface area contributed by atoms with Gasteiger partial charge in [-0.1, -0.05) is 51.0 Å². The van der Waals surface area contributed by atoms with Crippen molar-refractivity contribution in [1.82, 2.24) is 0 Å². The van der Waals surface area contributed by atoms with Crippen molar-refractivity contribution in [2.75, 3.05) is 6.61 Å². The number of carbonyl (C=O) groups excluding carboxylic acids is 1. The second-order valence-electron chi connectivity index (χ2n) is 3.83. The third kappa shape index (κ3) is 8.49. The fourth-order valence-electron chi connectivity index (χ4n) is 1.43. The molecule has 0 saturated heterocycles. The van der Waals surface area contributed by atoms with Gasteiger partial charge < -0.3 is 4.74 Å². The van der Waals surface area contributed by atoms with Gasteiger partial charge in [0.25, 0.3) is 0 Å². The molecule has 0 bridgehead atoms. The number of hydrogen-bond acceptors (Lipinski definition) is 2. The first-order valence-corrected chi connectivity index (χ1v) is 6.42. The number of esters is 1. The normalized spacial score (nSPS) is 11.8. The Bertz CT molecular complexity index is 275. The number of carbonyl (C=O) groups is 1. The molecule has 0 aliphatic carbocycles. The van der Waals surface area contributed by atoms with E-state index in [0.29, 0.717) is 12.2 Å². The SMILES string of the molecule is C=C/C=C(\C=C\CCCCCC)C(=O)OCC. The Hall–Kier alpha value is -1.31. The molecule has 0 aromatic rings. The van der Waals surface area contributed by atoms with Gasteiger partial charge in [-0.3, -0.25) is 0 Å². The molecular formula is C15H24O2. The molecule has 0 heterocycles. The van der Waals surface area contributed by atoms with Gasteiger partial charge in [-0.25, -0.2) is 4.79 Å². The van der Waals surface area contributed by atoms with E-state index in [2.05, 4.69) is 13.5 Å². The van der Waals surface area contributed by atoms with Gasteiger partial charge in [-0.15, -0.1) is 0 Å². The van der Waals surface area contributed by atoms with Gasteiger partial charge in [0, 0.05) is 0 Å². The number of allylic oxidation sites excluding steroid dienone is 3. The Morgan fingerprint density at radius 1 is 1.24 bits per heavy atom. The molecule has 0 aliphatic rings. The Labute approximate surface area is 105 Å². The summed E-state index contributed by atoms with van der Waals surface area (Å²) in [4.78, 5) is 11.5. The van der Waals surface area contributed by atoms with Crippen molar-refractivity contribution in [3.05, 3.63) is 36.5 Å². The Balaban J connectivity index is 4.08. The molecule has 96 valence electrons. The molecule has 2 nitrogen and oxygen atoms in total. The summed E-state index contributed by atoms with van der Waals surface area (Å²) in [6.45, 7) is 7.99. The second kappa shape index (κ2) is 11.2. The van der Waals surface area contributed by atoms with Crippen molar-refractivity contribution in [2.45, 2.75) is 46.0 Å². The minimum atomic E-state index is -0.280. The van der Waals surface area contributed by atoms with Crippen molar-refractivity contribution < 1.29 is 9.53 Å². The number of unbranched alkanes of at least 4 members (excludes halogenated alkanes) is 4. The van der Waals surface area contributed by atoms with E-state index in [4.69, 9.17) is 4.74 Å². The first kappa shape index (κ1) is 15.7. The quantitative estimate of drug-likeness (QED) is 0.260. The van der Waals surface area contributed by atoms with E-state index >= 15 is 0 Å². The summed E-state index contributed by atoms with van der Waals surface area (Å²) in [6.07, 6.45) is 13.1. The van der Waals surface area contributed by atoms with E-state index in [1.54, 1.807) is 19.1 Å². The van der Waals surface area contributed by atoms with Crippen LogP contribution in [0.5, 0.6) is 0 Å². The number of rotatable bonds is 9. The van der Waals surface area contributed by atoms with E-state index in [1.807, 2.05) is 12.2 Å². The Kier molecular flexibility index (Phi) is 10.3. The van der Waals surface area contributed by atoms with Crippen LogP contribution in [0.1, 0.15) is 46.0 Å². The molecule has 0 saturated carbocycles. The molecule has 0 amide bonds. The minimum absolute atomic E-state index is 0.280. The molecule has 0 fully saturated rings. The first-order chi connectivity index (χ1) is 8.26. The highest BCUT2D eigenvalue weighted by atomic mass is 16.5. The monoisotopic (exact) mass is 236 g/mol. The molecule has 2 heteroatoms. The summed E-state index contributed by atoms with van der Waals surface area (Å²) in [5.74, 6) is -0.280. The van der Waals surface area contributed by atoms with Crippen molar-refractivity contribution in [1.29, 1.82) is 0 Å². The summed E-state index contributed by atoms with van der Waals surface area (Å²) in [7, 11) is 0. The van der Waals surface area contributed by atoms with Crippen LogP contribution in [-0.4, -0.2) is 12.6 Å². The van der Waals surface area contributed by atoms with Crippen molar-refractivity contribution in [3.8, 4) is 0 Å². The zero-order valence-electron chi connectivity index (χ0n) is 11.1. The predicted molar refractivity (Wildman–Crippen MR) is 72.8 cm³/mol. The molecule has 0 aromatic heterocycles. The zero-order chi connectivity index (χ0) is 12.9. The van der Waals surface area contributed by atoms with Crippen LogP contribution >= 0.6 is 0 Å². The van der Waals surface area contributed by atoms with Gasteiger partial charge in [-0.05, 0) is 25.8 Å². The molecule has 0 rings (SSSR count). The third-order valence-corrected chi connectivity index (χ3v) is 2.33. The molecule has 0 radical (unpaired) electrons. The molecule has 0 spiro atoms. The molecule has 0 N–H and O–H groups in total. The summed E-state index contributed by atoms with van der Waals surface area (Å²) in [6, 6.07) is 0. The maximum absolute atomic E-state index is 11.5. The van der Waals surface area contributed by atoms with E-state index < -0.39 is 0 Å².